The Kier molecular flexibility index (Phi) is 6.38. The van der Waals surface area contributed by atoms with E-state index < -0.39 is 0 Å². The fourth-order valence-corrected chi connectivity index (χ4v) is 2.17. The second-order valence-electron chi connectivity index (χ2n) is 4.97. The number of phenols is 1. The Balaban J connectivity index is 0.000000211. The van der Waals surface area contributed by atoms with Crippen LogP contribution in [0.5, 0.6) is 11.5 Å². The number of ether oxygens (including phenoxy) is 1. The number of rotatable bonds is 1. The van der Waals surface area contributed by atoms with Crippen LogP contribution in [0.1, 0.15) is 22.3 Å². The zero-order chi connectivity index (χ0) is 16.2. The maximum atomic E-state index is 9.06. The van der Waals surface area contributed by atoms with E-state index in [2.05, 4.69) is 0 Å². The Morgan fingerprint density at radius 1 is 0.762 bits per heavy atom. The number of benzene rings is 2. The fraction of sp³-hybridized carbons (Fsp3) is 0.294. The molecule has 0 aliphatic heterocycles. The number of aromatic hydroxyl groups is 1. The molecule has 2 rings (SSSR count). The van der Waals surface area contributed by atoms with Gasteiger partial charge in [-0.3, -0.25) is 0 Å². The molecule has 21 heavy (non-hydrogen) atoms. The van der Waals surface area contributed by atoms with Gasteiger partial charge in [-0.15, -0.1) is 0 Å². The molecule has 0 aromatic heterocycles. The lowest BCUT2D eigenvalue weighted by molar-refractivity contribution is 0.414. The summed E-state index contributed by atoms with van der Waals surface area (Å²) in [5.74, 6) is 1.14. The Bertz CT molecular complexity index is 591. The SMILES string of the molecule is COc1cc(C)c(Cl)c(C)c1.Cc1cc(O)cc(C)c1Cl. The molecule has 2 aromatic carbocycles. The van der Waals surface area contributed by atoms with Gasteiger partial charge in [-0.05, 0) is 74.2 Å². The van der Waals surface area contributed by atoms with Crippen LogP contribution in [0.25, 0.3) is 0 Å². The van der Waals surface area contributed by atoms with Gasteiger partial charge in [-0.1, -0.05) is 23.2 Å². The average molecular weight is 327 g/mol. The van der Waals surface area contributed by atoms with Crippen LogP contribution in [0.2, 0.25) is 10.0 Å². The van der Waals surface area contributed by atoms with Crippen molar-refractivity contribution in [1.82, 2.24) is 0 Å². The maximum Gasteiger partial charge on any atom is 0.119 e. The molecule has 2 aromatic rings. The quantitative estimate of drug-likeness (QED) is 0.736. The van der Waals surface area contributed by atoms with Crippen molar-refractivity contribution in [3.63, 3.8) is 0 Å². The second-order valence-corrected chi connectivity index (χ2v) is 5.72. The van der Waals surface area contributed by atoms with Crippen molar-refractivity contribution in [2.75, 3.05) is 7.11 Å². The summed E-state index contributed by atoms with van der Waals surface area (Å²) in [6, 6.07) is 7.15. The van der Waals surface area contributed by atoms with Crippen LogP contribution in [0.4, 0.5) is 0 Å². The van der Waals surface area contributed by atoms with Crippen molar-refractivity contribution in [3.8, 4) is 11.5 Å². The minimum Gasteiger partial charge on any atom is -0.508 e. The summed E-state index contributed by atoms with van der Waals surface area (Å²) in [6.07, 6.45) is 0. The van der Waals surface area contributed by atoms with Crippen LogP contribution in [0.15, 0.2) is 24.3 Å². The molecule has 0 saturated heterocycles. The molecule has 1 N–H and O–H groups in total. The first-order valence-electron chi connectivity index (χ1n) is 6.52. The van der Waals surface area contributed by atoms with E-state index >= 15 is 0 Å². The molecule has 114 valence electrons. The molecule has 0 radical (unpaired) electrons. The van der Waals surface area contributed by atoms with Gasteiger partial charge in [0.25, 0.3) is 0 Å². The van der Waals surface area contributed by atoms with Crippen molar-refractivity contribution in [2.45, 2.75) is 27.7 Å². The molecule has 0 aliphatic rings. The standard InChI is InChI=1S/C9H11ClO.C8H9ClO/c1-6-4-8(11-3)5-7(2)9(6)10;1-5-3-7(10)4-6(2)8(5)9/h4-5H,1-3H3;3-4,10H,1-2H3. The molecule has 0 bridgehead atoms. The molecule has 0 unspecified atom stereocenters. The van der Waals surface area contributed by atoms with E-state index in [0.717, 1.165) is 38.0 Å². The molecule has 0 atom stereocenters. The van der Waals surface area contributed by atoms with Crippen LogP contribution >= 0.6 is 23.2 Å². The minimum atomic E-state index is 0.277. The van der Waals surface area contributed by atoms with E-state index in [-0.39, 0.29) is 5.75 Å². The summed E-state index contributed by atoms with van der Waals surface area (Å²) in [5.41, 5.74) is 3.95. The largest absolute Gasteiger partial charge is 0.508 e. The van der Waals surface area contributed by atoms with E-state index in [1.165, 1.54) is 0 Å². The van der Waals surface area contributed by atoms with E-state index in [4.69, 9.17) is 33.0 Å². The zero-order valence-electron chi connectivity index (χ0n) is 12.9. The summed E-state index contributed by atoms with van der Waals surface area (Å²) in [7, 11) is 1.65. The number of hydrogen-bond acceptors (Lipinski definition) is 2. The van der Waals surface area contributed by atoms with Crippen LogP contribution in [-0.4, -0.2) is 12.2 Å². The van der Waals surface area contributed by atoms with Gasteiger partial charge in [0.15, 0.2) is 0 Å². The highest BCUT2D eigenvalue weighted by molar-refractivity contribution is 6.32. The lowest BCUT2D eigenvalue weighted by atomic mass is 10.1. The van der Waals surface area contributed by atoms with E-state index in [0.29, 0.717) is 0 Å². The molecule has 0 amide bonds. The van der Waals surface area contributed by atoms with Crippen LogP contribution in [0, 0.1) is 27.7 Å². The van der Waals surface area contributed by atoms with Gasteiger partial charge >= 0.3 is 0 Å². The van der Waals surface area contributed by atoms with Crippen LogP contribution in [-0.2, 0) is 0 Å². The Hall–Kier alpha value is -1.38. The molecule has 0 aliphatic carbocycles. The number of aryl methyl sites for hydroxylation is 4. The highest BCUT2D eigenvalue weighted by Crippen LogP contribution is 2.25. The molecule has 2 nitrogen and oxygen atoms in total. The normalized spacial score (nSPS) is 9.86. The maximum absolute atomic E-state index is 9.06. The van der Waals surface area contributed by atoms with Gasteiger partial charge in [0.05, 0.1) is 7.11 Å². The topological polar surface area (TPSA) is 29.5 Å². The summed E-state index contributed by atoms with van der Waals surface area (Å²) in [5, 5.41) is 10.6. The lowest BCUT2D eigenvalue weighted by Crippen LogP contribution is -1.86. The van der Waals surface area contributed by atoms with Gasteiger partial charge in [0.1, 0.15) is 11.5 Å². The number of hydrogen-bond donors (Lipinski definition) is 1. The zero-order valence-corrected chi connectivity index (χ0v) is 14.4. The smallest absolute Gasteiger partial charge is 0.119 e. The second kappa shape index (κ2) is 7.58. The minimum absolute atomic E-state index is 0.277. The van der Waals surface area contributed by atoms with Gasteiger partial charge < -0.3 is 9.84 Å². The molecular weight excluding hydrogens is 307 g/mol. The summed E-state index contributed by atoms with van der Waals surface area (Å²) in [4.78, 5) is 0. The molecule has 0 saturated carbocycles. The van der Waals surface area contributed by atoms with Crippen molar-refractivity contribution in [3.05, 3.63) is 56.6 Å². The third-order valence-corrected chi connectivity index (χ3v) is 4.26. The Labute approximate surface area is 136 Å². The predicted molar refractivity (Wildman–Crippen MR) is 90.1 cm³/mol. The molecule has 0 spiro atoms. The summed E-state index contributed by atoms with van der Waals surface area (Å²) < 4.78 is 5.07. The molecule has 0 heterocycles. The molecule has 0 fully saturated rings. The van der Waals surface area contributed by atoms with Crippen molar-refractivity contribution in [1.29, 1.82) is 0 Å². The first-order valence-corrected chi connectivity index (χ1v) is 7.28. The highest BCUT2D eigenvalue weighted by atomic mass is 35.5. The van der Waals surface area contributed by atoms with Crippen molar-refractivity contribution < 1.29 is 9.84 Å². The van der Waals surface area contributed by atoms with Crippen LogP contribution in [0.3, 0.4) is 0 Å². The summed E-state index contributed by atoms with van der Waals surface area (Å²) in [6.45, 7) is 7.68. The van der Waals surface area contributed by atoms with Gasteiger partial charge in [-0.2, -0.15) is 0 Å². The van der Waals surface area contributed by atoms with Gasteiger partial charge in [0.2, 0.25) is 0 Å². The first-order chi connectivity index (χ1) is 9.76. The lowest BCUT2D eigenvalue weighted by Gasteiger charge is -2.05. The molecular formula is C17H20Cl2O2. The Morgan fingerprint density at radius 3 is 1.43 bits per heavy atom. The highest BCUT2D eigenvalue weighted by Gasteiger charge is 2.01. The molecule has 4 heteroatoms. The van der Waals surface area contributed by atoms with Crippen LogP contribution < -0.4 is 4.74 Å². The predicted octanol–water partition coefficient (Wildman–Crippen LogP) is 5.63. The van der Waals surface area contributed by atoms with E-state index in [1.807, 2.05) is 39.8 Å². The van der Waals surface area contributed by atoms with Crippen molar-refractivity contribution in [2.24, 2.45) is 0 Å². The van der Waals surface area contributed by atoms with Gasteiger partial charge in [0, 0.05) is 10.0 Å². The van der Waals surface area contributed by atoms with E-state index in [9.17, 15) is 0 Å². The number of phenolic OH excluding ortho intramolecular Hbond substituents is 1. The summed E-state index contributed by atoms with van der Waals surface area (Å²) >= 11 is 11.8. The fourth-order valence-electron chi connectivity index (χ4n) is 1.95. The number of halogens is 2. The van der Waals surface area contributed by atoms with Gasteiger partial charge in [-0.25, -0.2) is 0 Å². The monoisotopic (exact) mass is 326 g/mol. The first kappa shape index (κ1) is 17.7. The average Bonchev–Trinajstić information content (AvgIpc) is 2.42. The third-order valence-electron chi connectivity index (χ3n) is 3.07. The van der Waals surface area contributed by atoms with E-state index in [1.54, 1.807) is 19.2 Å². The van der Waals surface area contributed by atoms with Crippen molar-refractivity contribution >= 4 is 23.2 Å². The number of methoxy groups -OCH3 is 1. The Morgan fingerprint density at radius 2 is 1.10 bits per heavy atom. The third kappa shape index (κ3) is 4.83.